The molecule has 0 aliphatic carbocycles. The van der Waals surface area contributed by atoms with Gasteiger partial charge in [-0.2, -0.15) is 0 Å². The number of aromatic nitrogens is 2. The number of hydrogen-bond donors (Lipinski definition) is 0. The quantitative estimate of drug-likeness (QED) is 0.815. The van der Waals surface area contributed by atoms with Crippen molar-refractivity contribution in [3.63, 3.8) is 0 Å². The Labute approximate surface area is 143 Å². The van der Waals surface area contributed by atoms with E-state index in [0.29, 0.717) is 18.0 Å². The SMILES string of the molecule is CN(C)c1ncnc2c1CN(CCS(=O)(=O)c1ccccc1)CC2. The van der Waals surface area contributed by atoms with Crippen molar-refractivity contribution >= 4 is 15.7 Å². The number of sulfone groups is 1. The Hall–Kier alpha value is -1.99. The lowest BCUT2D eigenvalue weighted by molar-refractivity contribution is 0.266. The fraction of sp³-hybridized carbons (Fsp3) is 0.412. The second-order valence-electron chi connectivity index (χ2n) is 6.18. The lowest BCUT2D eigenvalue weighted by Crippen LogP contribution is -2.36. The monoisotopic (exact) mass is 346 g/mol. The minimum Gasteiger partial charge on any atom is -0.362 e. The van der Waals surface area contributed by atoms with Gasteiger partial charge >= 0.3 is 0 Å². The van der Waals surface area contributed by atoms with Gasteiger partial charge in [0, 0.05) is 45.7 Å². The van der Waals surface area contributed by atoms with Crippen molar-refractivity contribution in [2.45, 2.75) is 17.9 Å². The summed E-state index contributed by atoms with van der Waals surface area (Å²) in [5.74, 6) is 1.03. The largest absolute Gasteiger partial charge is 0.362 e. The van der Waals surface area contributed by atoms with Crippen molar-refractivity contribution < 1.29 is 8.42 Å². The summed E-state index contributed by atoms with van der Waals surface area (Å²) in [6, 6.07) is 8.64. The van der Waals surface area contributed by atoms with Crippen LogP contribution in [0.5, 0.6) is 0 Å². The molecule has 1 aliphatic rings. The van der Waals surface area contributed by atoms with Crippen LogP contribution in [-0.2, 0) is 22.8 Å². The minimum atomic E-state index is -3.25. The van der Waals surface area contributed by atoms with Crippen molar-refractivity contribution in [2.24, 2.45) is 0 Å². The molecule has 6 nitrogen and oxygen atoms in total. The molecule has 1 aromatic carbocycles. The van der Waals surface area contributed by atoms with E-state index in [1.807, 2.05) is 25.1 Å². The van der Waals surface area contributed by atoms with E-state index in [2.05, 4.69) is 14.9 Å². The van der Waals surface area contributed by atoms with Crippen LogP contribution in [0.3, 0.4) is 0 Å². The Morgan fingerprint density at radius 1 is 1.17 bits per heavy atom. The van der Waals surface area contributed by atoms with Gasteiger partial charge in [0.05, 0.1) is 16.3 Å². The highest BCUT2D eigenvalue weighted by Crippen LogP contribution is 2.24. The molecule has 2 heterocycles. The zero-order chi connectivity index (χ0) is 17.2. The average molecular weight is 346 g/mol. The van der Waals surface area contributed by atoms with Gasteiger partial charge in [0.15, 0.2) is 9.84 Å². The first kappa shape index (κ1) is 16.9. The van der Waals surface area contributed by atoms with Gasteiger partial charge in [0.25, 0.3) is 0 Å². The Morgan fingerprint density at radius 3 is 2.62 bits per heavy atom. The van der Waals surface area contributed by atoms with Crippen LogP contribution in [0, 0.1) is 0 Å². The summed E-state index contributed by atoms with van der Waals surface area (Å²) in [7, 11) is 0.673. The van der Waals surface area contributed by atoms with E-state index in [1.54, 1.807) is 30.6 Å². The highest BCUT2D eigenvalue weighted by atomic mass is 32.2. The van der Waals surface area contributed by atoms with E-state index in [4.69, 9.17) is 0 Å². The molecule has 0 saturated carbocycles. The molecule has 0 fully saturated rings. The van der Waals surface area contributed by atoms with Crippen molar-refractivity contribution in [3.8, 4) is 0 Å². The van der Waals surface area contributed by atoms with Crippen LogP contribution in [-0.4, -0.2) is 56.2 Å². The number of nitrogens with zero attached hydrogens (tertiary/aromatic N) is 4. The summed E-state index contributed by atoms with van der Waals surface area (Å²) >= 11 is 0. The molecule has 0 radical (unpaired) electrons. The van der Waals surface area contributed by atoms with E-state index in [9.17, 15) is 8.42 Å². The highest BCUT2D eigenvalue weighted by molar-refractivity contribution is 7.91. The third-order valence-corrected chi connectivity index (χ3v) is 5.97. The van der Waals surface area contributed by atoms with Crippen molar-refractivity contribution in [1.82, 2.24) is 14.9 Å². The molecular formula is C17H22N4O2S. The second-order valence-corrected chi connectivity index (χ2v) is 8.28. The van der Waals surface area contributed by atoms with Crippen molar-refractivity contribution in [3.05, 3.63) is 47.9 Å². The van der Waals surface area contributed by atoms with Crippen LogP contribution >= 0.6 is 0 Å². The molecule has 0 spiro atoms. The van der Waals surface area contributed by atoms with Crippen LogP contribution < -0.4 is 4.90 Å². The fourth-order valence-corrected chi connectivity index (χ4v) is 4.26. The Kier molecular flexibility index (Phi) is 4.82. The normalized spacial score (nSPS) is 15.1. The molecule has 128 valence electrons. The lowest BCUT2D eigenvalue weighted by atomic mass is 10.1. The molecule has 2 aromatic rings. The predicted molar refractivity (Wildman–Crippen MR) is 93.8 cm³/mol. The molecular weight excluding hydrogens is 324 g/mol. The number of anilines is 1. The molecule has 0 atom stereocenters. The van der Waals surface area contributed by atoms with E-state index in [0.717, 1.165) is 30.0 Å². The van der Waals surface area contributed by atoms with Gasteiger partial charge in [-0.15, -0.1) is 0 Å². The van der Waals surface area contributed by atoms with Gasteiger partial charge in [-0.25, -0.2) is 18.4 Å². The van der Waals surface area contributed by atoms with Crippen molar-refractivity contribution in [2.75, 3.05) is 37.8 Å². The number of hydrogen-bond acceptors (Lipinski definition) is 6. The van der Waals surface area contributed by atoms with Gasteiger partial charge in [0.1, 0.15) is 12.1 Å². The molecule has 1 aromatic heterocycles. The smallest absolute Gasteiger partial charge is 0.179 e. The third-order valence-electron chi connectivity index (χ3n) is 4.26. The van der Waals surface area contributed by atoms with Gasteiger partial charge in [-0.3, -0.25) is 4.90 Å². The van der Waals surface area contributed by atoms with Gasteiger partial charge in [-0.1, -0.05) is 18.2 Å². The average Bonchev–Trinajstić information content (AvgIpc) is 2.60. The van der Waals surface area contributed by atoms with E-state index in [1.165, 1.54) is 0 Å². The van der Waals surface area contributed by atoms with Gasteiger partial charge in [-0.05, 0) is 12.1 Å². The first-order valence-corrected chi connectivity index (χ1v) is 9.63. The fourth-order valence-electron chi connectivity index (χ4n) is 2.95. The molecule has 0 N–H and O–H groups in total. The second kappa shape index (κ2) is 6.86. The molecule has 24 heavy (non-hydrogen) atoms. The third kappa shape index (κ3) is 3.57. The molecule has 0 bridgehead atoms. The maximum atomic E-state index is 12.4. The first-order valence-electron chi connectivity index (χ1n) is 7.97. The summed E-state index contributed by atoms with van der Waals surface area (Å²) in [5.41, 5.74) is 2.17. The van der Waals surface area contributed by atoms with E-state index in [-0.39, 0.29) is 5.75 Å². The summed E-state index contributed by atoms with van der Waals surface area (Å²) in [4.78, 5) is 13.3. The summed E-state index contributed by atoms with van der Waals surface area (Å²) in [5, 5.41) is 0. The van der Waals surface area contributed by atoms with Crippen LogP contribution in [0.25, 0.3) is 0 Å². The van der Waals surface area contributed by atoms with E-state index < -0.39 is 9.84 Å². The van der Waals surface area contributed by atoms with Crippen molar-refractivity contribution in [1.29, 1.82) is 0 Å². The van der Waals surface area contributed by atoms with Crippen LogP contribution in [0.4, 0.5) is 5.82 Å². The zero-order valence-corrected chi connectivity index (χ0v) is 14.8. The maximum absolute atomic E-state index is 12.4. The number of fused-ring (bicyclic) bond motifs is 1. The van der Waals surface area contributed by atoms with E-state index >= 15 is 0 Å². The molecule has 0 unspecified atom stereocenters. The summed E-state index contributed by atoms with van der Waals surface area (Å²) in [6.45, 7) is 2.02. The molecule has 1 aliphatic heterocycles. The minimum absolute atomic E-state index is 0.122. The molecule has 7 heteroatoms. The van der Waals surface area contributed by atoms with Crippen LogP contribution in [0.15, 0.2) is 41.6 Å². The zero-order valence-electron chi connectivity index (χ0n) is 14.0. The van der Waals surface area contributed by atoms with Gasteiger partial charge < -0.3 is 4.90 Å². The summed E-state index contributed by atoms with van der Waals surface area (Å²) < 4.78 is 24.9. The first-order chi connectivity index (χ1) is 11.5. The van der Waals surface area contributed by atoms with Crippen LogP contribution in [0.1, 0.15) is 11.3 Å². The van der Waals surface area contributed by atoms with Crippen LogP contribution in [0.2, 0.25) is 0 Å². The molecule has 0 amide bonds. The Balaban J connectivity index is 1.71. The lowest BCUT2D eigenvalue weighted by Gasteiger charge is -2.30. The topological polar surface area (TPSA) is 66.4 Å². The maximum Gasteiger partial charge on any atom is 0.179 e. The Morgan fingerprint density at radius 2 is 1.92 bits per heavy atom. The number of benzene rings is 1. The highest BCUT2D eigenvalue weighted by Gasteiger charge is 2.23. The Bertz CT molecular complexity index is 807. The predicted octanol–water partition coefficient (Wildman–Crippen LogP) is 1.37. The number of rotatable bonds is 5. The summed E-state index contributed by atoms with van der Waals surface area (Å²) in [6.07, 6.45) is 2.42. The standard InChI is InChI=1S/C17H22N4O2S/c1-20(2)17-15-12-21(9-8-16(15)18-13-19-17)10-11-24(22,23)14-6-4-3-5-7-14/h3-7,13H,8-12H2,1-2H3. The van der Waals surface area contributed by atoms with Gasteiger partial charge in [0.2, 0.25) is 0 Å². The molecule has 0 saturated heterocycles. The molecule has 3 rings (SSSR count).